The van der Waals surface area contributed by atoms with E-state index < -0.39 is 0 Å². The smallest absolute Gasteiger partial charge is 0.308 e. The number of aryl methyl sites for hydroxylation is 1. The van der Waals surface area contributed by atoms with Gasteiger partial charge in [0.15, 0.2) is 0 Å². The van der Waals surface area contributed by atoms with Crippen LogP contribution in [0.1, 0.15) is 23.4 Å². The predicted octanol–water partition coefficient (Wildman–Crippen LogP) is 3.51. The number of thiazole rings is 1. The van der Waals surface area contributed by atoms with Gasteiger partial charge in [-0.3, -0.25) is 17.3 Å². The van der Waals surface area contributed by atoms with Crippen LogP contribution in [0.15, 0.2) is 23.0 Å². The van der Waals surface area contributed by atoms with Gasteiger partial charge in [-0.2, -0.15) is 0 Å². The summed E-state index contributed by atoms with van der Waals surface area (Å²) in [4.78, 5) is 27.9. The van der Waals surface area contributed by atoms with Gasteiger partial charge in [-0.05, 0) is 43.9 Å². The van der Waals surface area contributed by atoms with Gasteiger partial charge in [-0.25, -0.2) is 0 Å². The standard InChI is InChI=1S/C18H20ClIN4O2S/c1-22(9-16-21-12-7-6-11(19)8-14(12)24(16)20)17(25)10-23-13-4-2-3-5-15(13)27-18(23)26/h6-8,16,21H,2-5,9-10H2,1H3. The third-order valence-corrected chi connectivity index (χ3v) is 7.61. The Hall–Kier alpha value is -1.26. The van der Waals surface area contributed by atoms with E-state index in [9.17, 15) is 9.59 Å². The van der Waals surface area contributed by atoms with Crippen LogP contribution in [-0.4, -0.2) is 35.1 Å². The van der Waals surface area contributed by atoms with Crippen molar-refractivity contribution in [2.24, 2.45) is 0 Å². The summed E-state index contributed by atoms with van der Waals surface area (Å²) in [5, 5.41) is 4.10. The summed E-state index contributed by atoms with van der Waals surface area (Å²) in [5.74, 6) is -0.0520. The number of hydrogen-bond donors (Lipinski definition) is 1. The maximum absolute atomic E-state index is 12.8. The molecule has 0 spiro atoms. The molecule has 1 aliphatic carbocycles. The van der Waals surface area contributed by atoms with Crippen molar-refractivity contribution in [2.45, 2.75) is 38.4 Å². The second-order valence-electron chi connectivity index (χ2n) is 6.94. The highest BCUT2D eigenvalue weighted by Gasteiger charge is 2.30. The number of halogens is 2. The minimum atomic E-state index is -0.0520. The van der Waals surface area contributed by atoms with E-state index in [-0.39, 0.29) is 23.5 Å². The highest BCUT2D eigenvalue weighted by molar-refractivity contribution is 14.1. The van der Waals surface area contributed by atoms with Crippen LogP contribution in [0, 0.1) is 0 Å². The summed E-state index contributed by atoms with van der Waals surface area (Å²) < 4.78 is 3.73. The van der Waals surface area contributed by atoms with E-state index in [4.69, 9.17) is 11.6 Å². The van der Waals surface area contributed by atoms with Crippen LogP contribution in [0.25, 0.3) is 0 Å². The average molecular weight is 519 g/mol. The first-order chi connectivity index (χ1) is 12.9. The monoisotopic (exact) mass is 518 g/mol. The third-order valence-electron chi connectivity index (χ3n) is 5.10. The summed E-state index contributed by atoms with van der Waals surface area (Å²) in [6.45, 7) is 0.628. The number of carbonyl (C=O) groups is 1. The molecule has 27 heavy (non-hydrogen) atoms. The number of rotatable bonds is 4. The molecule has 2 heterocycles. The molecule has 4 rings (SSSR count). The lowest BCUT2D eigenvalue weighted by Crippen LogP contribution is -2.43. The van der Waals surface area contributed by atoms with Crippen molar-refractivity contribution in [3.8, 4) is 0 Å². The van der Waals surface area contributed by atoms with Gasteiger partial charge in [0.05, 0.1) is 40.8 Å². The number of nitrogens with zero attached hydrogens (tertiary/aromatic N) is 3. The van der Waals surface area contributed by atoms with Crippen molar-refractivity contribution in [1.82, 2.24) is 9.47 Å². The molecule has 1 N–H and O–H groups in total. The number of anilines is 2. The SMILES string of the molecule is CN(CC1Nc2ccc(Cl)cc2N1I)C(=O)Cn1c2c(sc1=O)CCCC2. The first-order valence-electron chi connectivity index (χ1n) is 8.90. The third kappa shape index (κ3) is 3.71. The average Bonchev–Trinajstić information content (AvgIpc) is 3.12. The molecular weight excluding hydrogens is 499 g/mol. The van der Waals surface area contributed by atoms with Crippen LogP contribution in [0.3, 0.4) is 0 Å². The minimum absolute atomic E-state index is 0.0137. The second-order valence-corrected chi connectivity index (χ2v) is 9.46. The molecule has 0 saturated carbocycles. The lowest BCUT2D eigenvalue weighted by atomic mass is 10.0. The van der Waals surface area contributed by atoms with Gasteiger partial charge in [0.25, 0.3) is 0 Å². The largest absolute Gasteiger partial charge is 0.361 e. The number of fused-ring (bicyclic) bond motifs is 2. The quantitative estimate of drug-likeness (QED) is 0.497. The highest BCUT2D eigenvalue weighted by Crippen LogP contribution is 2.39. The first kappa shape index (κ1) is 19.1. The van der Waals surface area contributed by atoms with Crippen molar-refractivity contribution in [2.75, 3.05) is 22.0 Å². The number of nitrogens with one attached hydrogen (secondary N) is 1. The van der Waals surface area contributed by atoms with Gasteiger partial charge >= 0.3 is 4.87 Å². The fourth-order valence-electron chi connectivity index (χ4n) is 3.63. The van der Waals surface area contributed by atoms with Crippen LogP contribution in [0.4, 0.5) is 11.4 Å². The van der Waals surface area contributed by atoms with E-state index >= 15 is 0 Å². The molecular formula is C18H20ClIN4O2S. The van der Waals surface area contributed by atoms with E-state index in [1.54, 1.807) is 16.5 Å². The number of hydrogen-bond acceptors (Lipinski definition) is 5. The molecule has 1 aliphatic heterocycles. The lowest BCUT2D eigenvalue weighted by Gasteiger charge is -2.26. The molecule has 6 nitrogen and oxygen atoms in total. The number of amides is 1. The Labute approximate surface area is 180 Å². The lowest BCUT2D eigenvalue weighted by molar-refractivity contribution is -0.130. The van der Waals surface area contributed by atoms with Gasteiger partial charge in [0.1, 0.15) is 12.7 Å². The normalized spacial score (nSPS) is 18.0. The van der Waals surface area contributed by atoms with Gasteiger partial charge in [-0.1, -0.05) is 22.9 Å². The molecule has 144 valence electrons. The Morgan fingerprint density at radius 2 is 2.19 bits per heavy atom. The summed E-state index contributed by atoms with van der Waals surface area (Å²) in [7, 11) is 1.79. The van der Waals surface area contributed by atoms with Gasteiger partial charge in [-0.15, -0.1) is 0 Å². The molecule has 1 aromatic heterocycles. The van der Waals surface area contributed by atoms with E-state index in [1.165, 1.54) is 11.3 Å². The van der Waals surface area contributed by atoms with Crippen LogP contribution >= 0.6 is 45.8 Å². The molecule has 2 aromatic rings. The molecule has 2 aliphatic rings. The molecule has 0 bridgehead atoms. The van der Waals surface area contributed by atoms with E-state index in [0.29, 0.717) is 11.6 Å². The van der Waals surface area contributed by atoms with Gasteiger partial charge < -0.3 is 10.2 Å². The molecule has 1 atom stereocenters. The Balaban J connectivity index is 1.44. The molecule has 1 aromatic carbocycles. The fourth-order valence-corrected chi connectivity index (χ4v) is 5.58. The van der Waals surface area contributed by atoms with Gasteiger partial charge in [0, 0.05) is 22.6 Å². The minimum Gasteiger partial charge on any atom is -0.361 e. The molecule has 1 amide bonds. The maximum atomic E-state index is 12.8. The van der Waals surface area contributed by atoms with Crippen molar-refractivity contribution in [1.29, 1.82) is 0 Å². The van der Waals surface area contributed by atoms with E-state index in [2.05, 4.69) is 31.3 Å². The van der Waals surface area contributed by atoms with Crippen LogP contribution in [-0.2, 0) is 24.2 Å². The first-order valence-corrected chi connectivity index (χ1v) is 11.1. The summed E-state index contributed by atoms with van der Waals surface area (Å²) >= 11 is 9.63. The van der Waals surface area contributed by atoms with Crippen LogP contribution in [0.2, 0.25) is 5.02 Å². The Bertz CT molecular complexity index is 944. The summed E-state index contributed by atoms with van der Waals surface area (Å²) in [5.41, 5.74) is 3.08. The van der Waals surface area contributed by atoms with Crippen LogP contribution < -0.4 is 13.3 Å². The Kier molecular flexibility index (Phi) is 5.39. The highest BCUT2D eigenvalue weighted by atomic mass is 127. The Morgan fingerprint density at radius 3 is 3.00 bits per heavy atom. The topological polar surface area (TPSA) is 57.6 Å². The second kappa shape index (κ2) is 7.63. The predicted molar refractivity (Wildman–Crippen MR) is 118 cm³/mol. The van der Waals surface area contributed by atoms with E-state index in [1.807, 2.05) is 18.2 Å². The number of likely N-dealkylation sites (N-methyl/N-ethyl adjacent to an activating group) is 1. The van der Waals surface area contributed by atoms with Crippen molar-refractivity contribution in [3.05, 3.63) is 43.5 Å². The number of aromatic nitrogens is 1. The summed E-state index contributed by atoms with van der Waals surface area (Å²) in [6, 6.07) is 5.71. The zero-order valence-corrected chi connectivity index (χ0v) is 18.6. The fraction of sp³-hybridized carbons (Fsp3) is 0.444. The van der Waals surface area contributed by atoms with Crippen molar-refractivity contribution >= 4 is 63.1 Å². The zero-order chi connectivity index (χ0) is 19.1. The Morgan fingerprint density at radius 1 is 1.41 bits per heavy atom. The molecule has 1 unspecified atom stereocenters. The van der Waals surface area contributed by atoms with Crippen LogP contribution in [0.5, 0.6) is 0 Å². The van der Waals surface area contributed by atoms with Crippen molar-refractivity contribution in [3.63, 3.8) is 0 Å². The zero-order valence-electron chi connectivity index (χ0n) is 14.9. The van der Waals surface area contributed by atoms with Gasteiger partial charge in [0.2, 0.25) is 5.91 Å². The molecule has 0 radical (unpaired) electrons. The molecule has 0 saturated heterocycles. The number of carbonyl (C=O) groups excluding carboxylic acids is 1. The molecule has 9 heteroatoms. The number of benzene rings is 1. The van der Waals surface area contributed by atoms with E-state index in [0.717, 1.165) is 47.6 Å². The summed E-state index contributed by atoms with van der Waals surface area (Å²) in [6.07, 6.45) is 4.03. The maximum Gasteiger partial charge on any atom is 0.308 e. The molecule has 0 fully saturated rings. The van der Waals surface area contributed by atoms with Crippen molar-refractivity contribution < 1.29 is 4.79 Å².